The Hall–Kier alpha value is -1.70. The minimum Gasteiger partial charge on any atom is -0.464 e. The summed E-state index contributed by atoms with van der Waals surface area (Å²) < 4.78 is 5.45. The van der Waals surface area contributed by atoms with Crippen LogP contribution in [-0.2, 0) is 6.42 Å². The Morgan fingerprint density at radius 1 is 1.13 bits per heavy atom. The maximum Gasteiger partial charge on any atom is 0.135 e. The van der Waals surface area contributed by atoms with E-state index in [2.05, 4.69) is 23.5 Å². The molecule has 0 saturated heterocycles. The van der Waals surface area contributed by atoms with Crippen molar-refractivity contribution < 1.29 is 4.42 Å². The van der Waals surface area contributed by atoms with Crippen LogP contribution in [-0.4, -0.2) is 6.54 Å². The first-order valence-electron chi connectivity index (χ1n) is 5.35. The van der Waals surface area contributed by atoms with Crippen molar-refractivity contribution in [2.24, 2.45) is 0 Å². The third-order valence-corrected chi connectivity index (χ3v) is 2.86. The van der Waals surface area contributed by atoms with E-state index in [0.29, 0.717) is 0 Å². The third-order valence-electron chi connectivity index (χ3n) is 2.86. The number of furan rings is 1. The fraction of sp³-hybridized carbons (Fsp3) is 0.231. The van der Waals surface area contributed by atoms with E-state index >= 15 is 0 Å². The van der Waals surface area contributed by atoms with Crippen molar-refractivity contribution in [2.75, 3.05) is 11.9 Å². The van der Waals surface area contributed by atoms with E-state index in [-0.39, 0.29) is 0 Å². The Labute approximate surface area is 88.9 Å². The molecule has 0 amide bonds. The Kier molecular flexibility index (Phi) is 1.98. The van der Waals surface area contributed by atoms with Gasteiger partial charge in [0.25, 0.3) is 0 Å². The standard InChI is InChI=1S/C13H13NO/c1-4-10-5-2-8-14-13(10)11(6-1)12-7-3-9-15-12/h1,3-4,6-7,9,14H,2,5,8H2. The van der Waals surface area contributed by atoms with E-state index in [1.54, 1.807) is 6.26 Å². The summed E-state index contributed by atoms with van der Waals surface area (Å²) in [6.45, 7) is 1.06. The molecule has 0 saturated carbocycles. The highest BCUT2D eigenvalue weighted by Crippen LogP contribution is 2.33. The molecule has 0 aliphatic carbocycles. The number of para-hydroxylation sites is 1. The van der Waals surface area contributed by atoms with E-state index in [1.165, 1.54) is 23.2 Å². The largest absolute Gasteiger partial charge is 0.464 e. The number of rotatable bonds is 1. The van der Waals surface area contributed by atoms with Gasteiger partial charge in [-0.25, -0.2) is 0 Å². The zero-order valence-electron chi connectivity index (χ0n) is 8.49. The van der Waals surface area contributed by atoms with Gasteiger partial charge in [0.1, 0.15) is 5.76 Å². The number of benzene rings is 1. The molecule has 0 atom stereocenters. The first-order valence-corrected chi connectivity index (χ1v) is 5.35. The van der Waals surface area contributed by atoms with Crippen LogP contribution in [0, 0.1) is 0 Å². The molecule has 1 aliphatic heterocycles. The van der Waals surface area contributed by atoms with Crippen molar-refractivity contribution in [3.63, 3.8) is 0 Å². The molecule has 2 aromatic rings. The highest BCUT2D eigenvalue weighted by atomic mass is 16.3. The third kappa shape index (κ3) is 1.42. The SMILES string of the molecule is c1coc(-c2cccc3c2NCCC3)c1. The van der Waals surface area contributed by atoms with Gasteiger partial charge in [0.2, 0.25) is 0 Å². The molecule has 0 radical (unpaired) electrons. The fourth-order valence-corrected chi connectivity index (χ4v) is 2.15. The van der Waals surface area contributed by atoms with Crippen molar-refractivity contribution in [1.82, 2.24) is 0 Å². The van der Waals surface area contributed by atoms with Crippen LogP contribution < -0.4 is 5.32 Å². The summed E-state index contributed by atoms with van der Waals surface area (Å²) in [4.78, 5) is 0. The Morgan fingerprint density at radius 3 is 3.00 bits per heavy atom. The quantitative estimate of drug-likeness (QED) is 0.762. The van der Waals surface area contributed by atoms with Gasteiger partial charge in [0, 0.05) is 17.8 Å². The lowest BCUT2D eigenvalue weighted by molar-refractivity contribution is 0.582. The summed E-state index contributed by atoms with van der Waals surface area (Å²) in [7, 11) is 0. The molecule has 1 N–H and O–H groups in total. The molecular weight excluding hydrogens is 186 g/mol. The van der Waals surface area contributed by atoms with Gasteiger partial charge < -0.3 is 9.73 Å². The number of fused-ring (bicyclic) bond motifs is 1. The van der Waals surface area contributed by atoms with Gasteiger partial charge in [-0.3, -0.25) is 0 Å². The topological polar surface area (TPSA) is 25.2 Å². The second-order valence-corrected chi connectivity index (χ2v) is 3.85. The minimum absolute atomic E-state index is 0.946. The minimum atomic E-state index is 0.946. The number of anilines is 1. The van der Waals surface area contributed by atoms with Crippen LogP contribution in [0.5, 0.6) is 0 Å². The maximum atomic E-state index is 5.45. The number of hydrogen-bond donors (Lipinski definition) is 1. The van der Waals surface area contributed by atoms with Crippen molar-refractivity contribution in [3.8, 4) is 11.3 Å². The lowest BCUT2D eigenvalue weighted by Crippen LogP contribution is -2.12. The van der Waals surface area contributed by atoms with Crippen molar-refractivity contribution in [1.29, 1.82) is 0 Å². The summed E-state index contributed by atoms with van der Waals surface area (Å²) in [6.07, 6.45) is 4.10. The fourth-order valence-electron chi connectivity index (χ4n) is 2.15. The van der Waals surface area contributed by atoms with Crippen LogP contribution in [0.3, 0.4) is 0 Å². The van der Waals surface area contributed by atoms with Crippen LogP contribution in [0.1, 0.15) is 12.0 Å². The number of nitrogens with one attached hydrogen (secondary N) is 1. The molecule has 1 aromatic carbocycles. The van der Waals surface area contributed by atoms with E-state index < -0.39 is 0 Å². The normalized spacial score (nSPS) is 14.4. The summed E-state index contributed by atoms with van der Waals surface area (Å²) in [6, 6.07) is 10.3. The first-order chi connectivity index (χ1) is 7.45. The predicted molar refractivity (Wildman–Crippen MR) is 61.0 cm³/mol. The molecule has 3 rings (SSSR count). The van der Waals surface area contributed by atoms with Gasteiger partial charge in [-0.1, -0.05) is 12.1 Å². The van der Waals surface area contributed by atoms with Crippen LogP contribution in [0.4, 0.5) is 5.69 Å². The highest BCUT2D eigenvalue weighted by Gasteiger charge is 2.14. The van der Waals surface area contributed by atoms with Crippen molar-refractivity contribution in [2.45, 2.75) is 12.8 Å². The van der Waals surface area contributed by atoms with E-state index in [4.69, 9.17) is 4.42 Å². The molecule has 0 fully saturated rings. The van der Waals surface area contributed by atoms with Gasteiger partial charge in [-0.05, 0) is 36.6 Å². The average Bonchev–Trinajstić information content (AvgIpc) is 2.82. The molecule has 2 nitrogen and oxygen atoms in total. The molecule has 1 aliphatic rings. The van der Waals surface area contributed by atoms with Gasteiger partial charge in [-0.15, -0.1) is 0 Å². The van der Waals surface area contributed by atoms with Gasteiger partial charge in [-0.2, -0.15) is 0 Å². The molecule has 1 aromatic heterocycles. The summed E-state index contributed by atoms with van der Waals surface area (Å²) in [5.41, 5.74) is 3.83. The van der Waals surface area contributed by atoms with Gasteiger partial charge >= 0.3 is 0 Å². The molecule has 0 unspecified atom stereocenters. The molecule has 2 heteroatoms. The Bertz CT molecular complexity index is 459. The first kappa shape index (κ1) is 8.60. The number of aryl methyl sites for hydroxylation is 1. The maximum absolute atomic E-state index is 5.45. The number of hydrogen-bond acceptors (Lipinski definition) is 2. The average molecular weight is 199 g/mol. The highest BCUT2D eigenvalue weighted by molar-refractivity contribution is 5.78. The molecule has 76 valence electrons. The molecule has 0 bridgehead atoms. The Morgan fingerprint density at radius 2 is 2.13 bits per heavy atom. The van der Waals surface area contributed by atoms with Crippen LogP contribution in [0.15, 0.2) is 41.0 Å². The summed E-state index contributed by atoms with van der Waals surface area (Å²) >= 11 is 0. The van der Waals surface area contributed by atoms with Crippen molar-refractivity contribution >= 4 is 5.69 Å². The lowest BCUT2D eigenvalue weighted by atomic mass is 9.98. The monoisotopic (exact) mass is 199 g/mol. The van der Waals surface area contributed by atoms with E-state index in [1.807, 2.05) is 12.1 Å². The van der Waals surface area contributed by atoms with E-state index in [9.17, 15) is 0 Å². The summed E-state index contributed by atoms with van der Waals surface area (Å²) in [5, 5.41) is 3.46. The van der Waals surface area contributed by atoms with Gasteiger partial charge in [0.05, 0.1) is 6.26 Å². The molecule has 0 spiro atoms. The molecule has 2 heterocycles. The van der Waals surface area contributed by atoms with Gasteiger partial charge in [0.15, 0.2) is 0 Å². The second kappa shape index (κ2) is 3.46. The second-order valence-electron chi connectivity index (χ2n) is 3.85. The molecular formula is C13H13NO. The lowest BCUT2D eigenvalue weighted by Gasteiger charge is -2.20. The van der Waals surface area contributed by atoms with Crippen molar-refractivity contribution in [3.05, 3.63) is 42.2 Å². The zero-order valence-corrected chi connectivity index (χ0v) is 8.49. The smallest absolute Gasteiger partial charge is 0.135 e. The van der Waals surface area contributed by atoms with Crippen LogP contribution in [0.25, 0.3) is 11.3 Å². The summed E-state index contributed by atoms with van der Waals surface area (Å²) in [5.74, 6) is 0.946. The predicted octanol–water partition coefficient (Wildman–Crippen LogP) is 3.30. The Balaban J connectivity index is 2.15. The van der Waals surface area contributed by atoms with Crippen LogP contribution in [0.2, 0.25) is 0 Å². The van der Waals surface area contributed by atoms with E-state index in [0.717, 1.165) is 18.7 Å². The zero-order chi connectivity index (χ0) is 10.1. The molecule has 15 heavy (non-hydrogen) atoms. The van der Waals surface area contributed by atoms with Crippen LogP contribution >= 0.6 is 0 Å².